The third-order valence-corrected chi connectivity index (χ3v) is 4.10. The molecule has 0 bridgehead atoms. The molecule has 0 aliphatic carbocycles. The number of halogens is 1. The maximum absolute atomic E-state index is 12.3. The zero-order valence-electron chi connectivity index (χ0n) is 11.9. The fourth-order valence-electron chi connectivity index (χ4n) is 1.85. The zero-order valence-corrected chi connectivity index (χ0v) is 13.4. The van der Waals surface area contributed by atoms with Gasteiger partial charge >= 0.3 is 0 Å². The van der Waals surface area contributed by atoms with Crippen molar-refractivity contribution in [2.24, 2.45) is 0 Å². The summed E-state index contributed by atoms with van der Waals surface area (Å²) in [4.78, 5) is 13.4. The molecule has 2 aromatic rings. The van der Waals surface area contributed by atoms with Crippen molar-refractivity contribution < 1.29 is 9.53 Å². The Hall–Kier alpha value is -1.65. The molecule has 1 amide bonds. The maximum atomic E-state index is 12.3. The first-order valence-electron chi connectivity index (χ1n) is 6.52. The van der Waals surface area contributed by atoms with Crippen LogP contribution in [0.25, 0.3) is 0 Å². The Labute approximate surface area is 133 Å². The monoisotopic (exact) mass is 321 g/mol. The summed E-state index contributed by atoms with van der Waals surface area (Å²) in [5.41, 5.74) is 1.30. The standard InChI is InChI=1S/C16H16ClNO2S/c1-3-21-15-7-5-4-6-13(15)18-16(19)11-8-9-14(20-2)12(17)10-11/h4-10H,3H2,1-2H3,(H,18,19). The molecule has 1 N–H and O–H groups in total. The minimum atomic E-state index is -0.191. The fourth-order valence-corrected chi connectivity index (χ4v) is 2.87. The minimum absolute atomic E-state index is 0.191. The van der Waals surface area contributed by atoms with Crippen molar-refractivity contribution in [3.63, 3.8) is 0 Å². The molecule has 0 aromatic heterocycles. The summed E-state index contributed by atoms with van der Waals surface area (Å²) < 4.78 is 5.08. The molecule has 110 valence electrons. The van der Waals surface area contributed by atoms with Crippen molar-refractivity contribution >= 4 is 35.0 Å². The molecule has 0 aliphatic rings. The van der Waals surface area contributed by atoms with Crippen molar-refractivity contribution in [2.45, 2.75) is 11.8 Å². The summed E-state index contributed by atoms with van der Waals surface area (Å²) in [5.74, 6) is 1.31. The van der Waals surface area contributed by atoms with E-state index in [2.05, 4.69) is 12.2 Å². The number of ether oxygens (including phenoxy) is 1. The SMILES string of the molecule is CCSc1ccccc1NC(=O)c1ccc(OC)c(Cl)c1. The predicted molar refractivity (Wildman–Crippen MR) is 88.8 cm³/mol. The fraction of sp³-hybridized carbons (Fsp3) is 0.188. The van der Waals surface area contributed by atoms with Crippen LogP contribution in [0.2, 0.25) is 5.02 Å². The summed E-state index contributed by atoms with van der Waals surface area (Å²) >= 11 is 7.74. The van der Waals surface area contributed by atoms with Gasteiger partial charge in [0.05, 0.1) is 17.8 Å². The van der Waals surface area contributed by atoms with E-state index in [1.54, 1.807) is 37.1 Å². The lowest BCUT2D eigenvalue weighted by atomic mass is 10.2. The van der Waals surface area contributed by atoms with Crippen LogP contribution in [0.3, 0.4) is 0 Å². The first-order valence-corrected chi connectivity index (χ1v) is 7.88. The highest BCUT2D eigenvalue weighted by Gasteiger charge is 2.11. The molecule has 0 unspecified atom stereocenters. The van der Waals surface area contributed by atoms with Crippen molar-refractivity contribution in [1.29, 1.82) is 0 Å². The van der Waals surface area contributed by atoms with Crippen LogP contribution in [0.5, 0.6) is 5.75 Å². The molecule has 0 fully saturated rings. The summed E-state index contributed by atoms with van der Waals surface area (Å²) in [6.07, 6.45) is 0. The highest BCUT2D eigenvalue weighted by atomic mass is 35.5. The number of hydrogen-bond donors (Lipinski definition) is 1. The van der Waals surface area contributed by atoms with E-state index in [4.69, 9.17) is 16.3 Å². The highest BCUT2D eigenvalue weighted by Crippen LogP contribution is 2.28. The van der Waals surface area contributed by atoms with Crippen molar-refractivity contribution in [1.82, 2.24) is 0 Å². The van der Waals surface area contributed by atoms with Gasteiger partial charge in [-0.15, -0.1) is 11.8 Å². The van der Waals surface area contributed by atoms with Crippen LogP contribution in [0.4, 0.5) is 5.69 Å². The average Bonchev–Trinajstić information content (AvgIpc) is 2.49. The Balaban J connectivity index is 2.20. The van der Waals surface area contributed by atoms with Gasteiger partial charge in [0.2, 0.25) is 0 Å². The number of carbonyl (C=O) groups is 1. The number of anilines is 1. The third-order valence-electron chi connectivity index (χ3n) is 2.85. The van der Waals surface area contributed by atoms with Crippen molar-refractivity contribution in [2.75, 3.05) is 18.2 Å². The lowest BCUT2D eigenvalue weighted by molar-refractivity contribution is 0.102. The van der Waals surface area contributed by atoms with Crippen LogP contribution in [0.15, 0.2) is 47.4 Å². The normalized spacial score (nSPS) is 10.2. The Morgan fingerprint density at radius 1 is 1.29 bits per heavy atom. The Morgan fingerprint density at radius 3 is 2.71 bits per heavy atom. The third kappa shape index (κ3) is 3.93. The van der Waals surface area contributed by atoms with E-state index in [1.807, 2.05) is 24.3 Å². The molecule has 0 radical (unpaired) electrons. The molecular formula is C16H16ClNO2S. The minimum Gasteiger partial charge on any atom is -0.495 e. The number of benzene rings is 2. The molecular weight excluding hydrogens is 306 g/mol. The molecule has 3 nitrogen and oxygen atoms in total. The largest absolute Gasteiger partial charge is 0.495 e. The second-order valence-electron chi connectivity index (χ2n) is 4.23. The van der Waals surface area contributed by atoms with Gasteiger partial charge in [-0.25, -0.2) is 0 Å². The molecule has 2 aromatic carbocycles. The summed E-state index contributed by atoms with van der Waals surface area (Å²) in [7, 11) is 1.54. The van der Waals surface area contributed by atoms with Gasteiger partial charge in [-0.2, -0.15) is 0 Å². The number of para-hydroxylation sites is 1. The molecule has 0 spiro atoms. The van der Waals surface area contributed by atoms with E-state index >= 15 is 0 Å². The molecule has 0 saturated carbocycles. The van der Waals surface area contributed by atoms with Gasteiger partial charge in [0.25, 0.3) is 5.91 Å². The van der Waals surface area contributed by atoms with Gasteiger partial charge in [-0.3, -0.25) is 4.79 Å². The summed E-state index contributed by atoms with van der Waals surface area (Å²) in [6, 6.07) is 12.7. The van der Waals surface area contributed by atoms with Crippen LogP contribution < -0.4 is 10.1 Å². The Bertz CT molecular complexity index is 646. The van der Waals surface area contributed by atoms with Crippen molar-refractivity contribution in [3.05, 3.63) is 53.1 Å². The maximum Gasteiger partial charge on any atom is 0.255 e. The number of carbonyl (C=O) groups excluding carboxylic acids is 1. The van der Waals surface area contributed by atoms with Gasteiger partial charge in [0.1, 0.15) is 5.75 Å². The zero-order chi connectivity index (χ0) is 15.2. The second kappa shape index (κ2) is 7.38. The highest BCUT2D eigenvalue weighted by molar-refractivity contribution is 7.99. The molecule has 0 saturated heterocycles. The van der Waals surface area contributed by atoms with Crippen LogP contribution in [0, 0.1) is 0 Å². The average molecular weight is 322 g/mol. The number of amides is 1. The molecule has 5 heteroatoms. The van der Waals surface area contributed by atoms with E-state index in [9.17, 15) is 4.79 Å². The number of hydrogen-bond acceptors (Lipinski definition) is 3. The van der Waals surface area contributed by atoms with Gasteiger partial charge in [-0.05, 0) is 36.1 Å². The number of thioether (sulfide) groups is 1. The van der Waals surface area contributed by atoms with E-state index in [1.165, 1.54) is 0 Å². The summed E-state index contributed by atoms with van der Waals surface area (Å²) in [5, 5.41) is 3.34. The summed E-state index contributed by atoms with van der Waals surface area (Å²) in [6.45, 7) is 2.08. The smallest absolute Gasteiger partial charge is 0.255 e. The topological polar surface area (TPSA) is 38.3 Å². The van der Waals surface area contributed by atoms with E-state index in [-0.39, 0.29) is 5.91 Å². The van der Waals surface area contributed by atoms with Gasteiger partial charge in [0.15, 0.2) is 0 Å². The predicted octanol–water partition coefficient (Wildman–Crippen LogP) is 4.71. The molecule has 2 rings (SSSR count). The lowest BCUT2D eigenvalue weighted by Gasteiger charge is -2.11. The Morgan fingerprint density at radius 2 is 2.05 bits per heavy atom. The van der Waals surface area contributed by atoms with Gasteiger partial charge in [-0.1, -0.05) is 30.7 Å². The molecule has 0 atom stereocenters. The Kier molecular flexibility index (Phi) is 5.53. The second-order valence-corrected chi connectivity index (χ2v) is 5.95. The molecule has 21 heavy (non-hydrogen) atoms. The van der Waals surface area contributed by atoms with E-state index in [0.29, 0.717) is 16.3 Å². The van der Waals surface area contributed by atoms with E-state index < -0.39 is 0 Å². The van der Waals surface area contributed by atoms with Crippen molar-refractivity contribution in [3.8, 4) is 5.75 Å². The first kappa shape index (κ1) is 15.7. The number of nitrogens with one attached hydrogen (secondary N) is 1. The van der Waals surface area contributed by atoms with Crippen LogP contribution in [-0.4, -0.2) is 18.8 Å². The first-order chi connectivity index (χ1) is 10.2. The van der Waals surface area contributed by atoms with Crippen LogP contribution in [-0.2, 0) is 0 Å². The number of rotatable bonds is 5. The molecule has 0 aliphatic heterocycles. The lowest BCUT2D eigenvalue weighted by Crippen LogP contribution is -2.12. The quantitative estimate of drug-likeness (QED) is 0.810. The molecule has 0 heterocycles. The van der Waals surface area contributed by atoms with Gasteiger partial charge in [0, 0.05) is 10.5 Å². The van der Waals surface area contributed by atoms with Crippen LogP contribution in [0.1, 0.15) is 17.3 Å². The van der Waals surface area contributed by atoms with E-state index in [0.717, 1.165) is 16.3 Å². The number of methoxy groups -OCH3 is 1. The van der Waals surface area contributed by atoms with Gasteiger partial charge < -0.3 is 10.1 Å². The van der Waals surface area contributed by atoms with Crippen LogP contribution >= 0.6 is 23.4 Å².